The quantitative estimate of drug-likeness (QED) is 0.911. The van der Waals surface area contributed by atoms with Crippen LogP contribution >= 0.6 is 34.5 Å². The molecule has 1 aromatic heterocycles. The van der Waals surface area contributed by atoms with Crippen molar-refractivity contribution in [1.82, 2.24) is 0 Å². The smallest absolute Gasteiger partial charge is 0.265 e. The second-order valence-electron chi connectivity index (χ2n) is 3.60. The van der Waals surface area contributed by atoms with Gasteiger partial charge in [0.05, 0.1) is 21.2 Å². The minimum atomic E-state index is -0.613. The molecule has 0 saturated carbocycles. The Morgan fingerprint density at radius 1 is 1.21 bits per heavy atom. The molecule has 2 rings (SSSR count). The molecule has 3 N–H and O–H groups in total. The Morgan fingerprint density at radius 3 is 2.47 bits per heavy atom. The van der Waals surface area contributed by atoms with Gasteiger partial charge in [0.2, 0.25) is 0 Å². The Hall–Kier alpha value is -1.56. The first-order valence-corrected chi connectivity index (χ1v) is 6.71. The fraction of sp³-hybridized carbons (Fsp3) is 0. The number of benzene rings is 1. The van der Waals surface area contributed by atoms with Crippen LogP contribution in [0.1, 0.15) is 20.0 Å². The summed E-state index contributed by atoms with van der Waals surface area (Å²) in [7, 11) is 0. The highest BCUT2D eigenvalue weighted by atomic mass is 35.5. The van der Waals surface area contributed by atoms with Crippen molar-refractivity contribution >= 4 is 52.0 Å². The zero-order valence-corrected chi connectivity index (χ0v) is 11.8. The van der Waals surface area contributed by atoms with E-state index in [0.717, 1.165) is 11.3 Å². The van der Waals surface area contributed by atoms with Gasteiger partial charge < -0.3 is 11.1 Å². The number of nitrogens with one attached hydrogen (secondary N) is 1. The van der Waals surface area contributed by atoms with Gasteiger partial charge in [0.1, 0.15) is 4.34 Å². The Morgan fingerprint density at radius 2 is 1.89 bits per heavy atom. The monoisotopic (exact) mass is 314 g/mol. The van der Waals surface area contributed by atoms with Gasteiger partial charge in [0.25, 0.3) is 11.8 Å². The van der Waals surface area contributed by atoms with Crippen molar-refractivity contribution in [2.45, 2.75) is 0 Å². The number of amides is 2. The molecule has 0 aliphatic rings. The highest BCUT2D eigenvalue weighted by Gasteiger charge is 2.15. The van der Waals surface area contributed by atoms with Crippen LogP contribution in [0.4, 0.5) is 5.69 Å². The number of anilines is 1. The minimum absolute atomic E-state index is 0.240. The van der Waals surface area contributed by atoms with Crippen molar-refractivity contribution in [3.05, 3.63) is 50.1 Å². The number of carbonyl (C=O) groups excluding carboxylic acids is 2. The van der Waals surface area contributed by atoms with E-state index in [2.05, 4.69) is 5.32 Å². The van der Waals surface area contributed by atoms with Crippen molar-refractivity contribution in [1.29, 1.82) is 0 Å². The number of thiophene rings is 1. The zero-order valence-electron chi connectivity index (χ0n) is 9.44. The molecule has 0 atom stereocenters. The van der Waals surface area contributed by atoms with Crippen molar-refractivity contribution < 1.29 is 9.59 Å². The molecule has 0 fully saturated rings. The van der Waals surface area contributed by atoms with Gasteiger partial charge in [-0.3, -0.25) is 9.59 Å². The first-order valence-electron chi connectivity index (χ1n) is 5.14. The minimum Gasteiger partial charge on any atom is -0.366 e. The van der Waals surface area contributed by atoms with Gasteiger partial charge >= 0.3 is 0 Å². The Bertz CT molecular complexity index is 635. The SMILES string of the molecule is NC(=O)c1ccccc1NC(=O)c1cc(Cl)c(Cl)s1. The molecule has 0 aliphatic heterocycles. The molecule has 2 amide bonds. The van der Waals surface area contributed by atoms with Crippen molar-refractivity contribution in [3.63, 3.8) is 0 Å². The van der Waals surface area contributed by atoms with E-state index in [1.54, 1.807) is 18.2 Å². The summed E-state index contributed by atoms with van der Waals surface area (Å²) in [6.45, 7) is 0. The average Bonchev–Trinajstić information content (AvgIpc) is 2.70. The average molecular weight is 315 g/mol. The lowest BCUT2D eigenvalue weighted by atomic mass is 10.1. The Labute approximate surface area is 123 Å². The molecule has 1 heterocycles. The van der Waals surface area contributed by atoms with Crippen molar-refractivity contribution in [2.75, 3.05) is 5.32 Å². The molecule has 4 nitrogen and oxygen atoms in total. The van der Waals surface area contributed by atoms with Gasteiger partial charge in [-0.15, -0.1) is 11.3 Å². The van der Waals surface area contributed by atoms with E-state index in [1.165, 1.54) is 12.1 Å². The third-order valence-corrected chi connectivity index (χ3v) is 4.17. The molecule has 0 spiro atoms. The van der Waals surface area contributed by atoms with Crippen LogP contribution in [-0.4, -0.2) is 11.8 Å². The molecule has 98 valence electrons. The molecule has 0 saturated heterocycles. The fourth-order valence-electron chi connectivity index (χ4n) is 1.45. The first-order chi connectivity index (χ1) is 8.99. The number of hydrogen-bond acceptors (Lipinski definition) is 3. The molecule has 19 heavy (non-hydrogen) atoms. The third-order valence-electron chi connectivity index (χ3n) is 2.31. The topological polar surface area (TPSA) is 72.2 Å². The van der Waals surface area contributed by atoms with Crippen LogP contribution in [0.3, 0.4) is 0 Å². The van der Waals surface area contributed by atoms with Gasteiger partial charge in [-0.2, -0.15) is 0 Å². The second-order valence-corrected chi connectivity index (χ2v) is 5.66. The summed E-state index contributed by atoms with van der Waals surface area (Å²) >= 11 is 12.6. The highest BCUT2D eigenvalue weighted by molar-refractivity contribution is 7.18. The number of para-hydroxylation sites is 1. The molecule has 0 bridgehead atoms. The van der Waals surface area contributed by atoms with E-state index in [1.807, 2.05) is 0 Å². The first kappa shape index (κ1) is 13.9. The summed E-state index contributed by atoms with van der Waals surface area (Å²) in [4.78, 5) is 23.6. The largest absolute Gasteiger partial charge is 0.366 e. The fourth-order valence-corrected chi connectivity index (χ4v) is 2.71. The summed E-state index contributed by atoms with van der Waals surface area (Å²) in [5.41, 5.74) is 5.82. The molecular formula is C12H8Cl2N2O2S. The van der Waals surface area contributed by atoms with Gasteiger partial charge in [-0.05, 0) is 18.2 Å². The molecule has 2 aromatic rings. The molecule has 0 radical (unpaired) electrons. The van der Waals surface area contributed by atoms with Crippen LogP contribution in [0, 0.1) is 0 Å². The maximum atomic E-state index is 12.0. The zero-order chi connectivity index (χ0) is 14.0. The predicted molar refractivity (Wildman–Crippen MR) is 77.3 cm³/mol. The van der Waals surface area contributed by atoms with E-state index in [0.29, 0.717) is 19.9 Å². The number of rotatable bonds is 3. The van der Waals surface area contributed by atoms with Crippen LogP contribution in [0.5, 0.6) is 0 Å². The standard InChI is InChI=1S/C12H8Cl2N2O2S/c13-7-5-9(19-10(7)14)12(18)16-8-4-2-1-3-6(8)11(15)17/h1-5H,(H2,15,17)(H,16,18). The van der Waals surface area contributed by atoms with Gasteiger partial charge in [-0.25, -0.2) is 0 Å². The van der Waals surface area contributed by atoms with Crippen LogP contribution in [0.25, 0.3) is 0 Å². The van der Waals surface area contributed by atoms with Crippen molar-refractivity contribution in [2.24, 2.45) is 5.73 Å². The van der Waals surface area contributed by atoms with E-state index in [9.17, 15) is 9.59 Å². The Kier molecular flexibility index (Phi) is 4.09. The molecule has 0 unspecified atom stereocenters. The lowest BCUT2D eigenvalue weighted by molar-refractivity contribution is 0.100. The van der Waals surface area contributed by atoms with Crippen LogP contribution in [-0.2, 0) is 0 Å². The summed E-state index contributed by atoms with van der Waals surface area (Å²) < 4.78 is 0.343. The molecule has 0 aliphatic carbocycles. The van der Waals surface area contributed by atoms with E-state index >= 15 is 0 Å². The van der Waals surface area contributed by atoms with Gasteiger partial charge in [0, 0.05) is 0 Å². The summed E-state index contributed by atoms with van der Waals surface area (Å²) in [6.07, 6.45) is 0. The summed E-state index contributed by atoms with van der Waals surface area (Å²) in [6, 6.07) is 7.95. The normalized spacial score (nSPS) is 10.2. The maximum absolute atomic E-state index is 12.0. The third kappa shape index (κ3) is 3.07. The summed E-state index contributed by atoms with van der Waals surface area (Å²) in [5.74, 6) is -1.01. The van der Waals surface area contributed by atoms with Crippen LogP contribution in [0.2, 0.25) is 9.36 Å². The molecule has 1 aromatic carbocycles. The summed E-state index contributed by atoms with van der Waals surface area (Å²) in [5, 5.41) is 2.92. The lowest BCUT2D eigenvalue weighted by Gasteiger charge is -2.07. The highest BCUT2D eigenvalue weighted by Crippen LogP contribution is 2.32. The van der Waals surface area contributed by atoms with Crippen molar-refractivity contribution in [3.8, 4) is 0 Å². The second kappa shape index (κ2) is 5.61. The number of nitrogens with two attached hydrogens (primary N) is 1. The molecular weight excluding hydrogens is 307 g/mol. The number of halogens is 2. The van der Waals surface area contributed by atoms with E-state index in [4.69, 9.17) is 28.9 Å². The van der Waals surface area contributed by atoms with Gasteiger partial charge in [0.15, 0.2) is 0 Å². The molecule has 7 heteroatoms. The van der Waals surface area contributed by atoms with Gasteiger partial charge in [-0.1, -0.05) is 35.3 Å². The number of carbonyl (C=O) groups is 2. The predicted octanol–water partition coefficient (Wildman–Crippen LogP) is 3.41. The lowest BCUT2D eigenvalue weighted by Crippen LogP contribution is -2.17. The number of primary amides is 1. The van der Waals surface area contributed by atoms with E-state index < -0.39 is 11.8 Å². The Balaban J connectivity index is 2.26. The van der Waals surface area contributed by atoms with Crippen LogP contribution in [0.15, 0.2) is 30.3 Å². The maximum Gasteiger partial charge on any atom is 0.265 e. The van der Waals surface area contributed by atoms with Crippen LogP contribution < -0.4 is 11.1 Å². The number of hydrogen-bond donors (Lipinski definition) is 2. The van der Waals surface area contributed by atoms with E-state index in [-0.39, 0.29) is 5.56 Å².